The zero-order chi connectivity index (χ0) is 12.0. The molecular weight excluding hydrogens is 238 g/mol. The van der Waals surface area contributed by atoms with Gasteiger partial charge in [0.15, 0.2) is 5.13 Å². The van der Waals surface area contributed by atoms with Gasteiger partial charge in [-0.2, -0.15) is 0 Å². The Morgan fingerprint density at radius 2 is 2.38 bits per heavy atom. The number of amides is 1. The van der Waals surface area contributed by atoms with Gasteiger partial charge in [-0.25, -0.2) is 9.78 Å². The zero-order valence-corrected chi connectivity index (χ0v) is 8.43. The number of rotatable bonds is 6. The summed E-state index contributed by atoms with van der Waals surface area (Å²) in [6.45, 7) is -0.0140. The van der Waals surface area contributed by atoms with E-state index in [1.807, 2.05) is 0 Å². The highest BCUT2D eigenvalue weighted by atomic mass is 32.1. The Morgan fingerprint density at radius 1 is 1.62 bits per heavy atom. The minimum Gasteiger partial charge on any atom is -0.476 e. The molecule has 0 aliphatic heterocycles. The van der Waals surface area contributed by atoms with Crippen molar-refractivity contribution in [1.29, 1.82) is 0 Å². The standard InChI is InChI=1S/C7H5N3O5S/c11-2-8-7-9-4(1-16-7)5(6(13)14)10-15-3-12/h1-3H,(H,13,14)(H,8,9,11)/b10-5+. The lowest BCUT2D eigenvalue weighted by atomic mass is 10.3. The number of hydrogen-bond donors (Lipinski definition) is 2. The second-order valence-corrected chi connectivity index (χ2v) is 3.10. The van der Waals surface area contributed by atoms with Crippen molar-refractivity contribution in [3.05, 3.63) is 11.1 Å². The van der Waals surface area contributed by atoms with Crippen LogP contribution in [0.15, 0.2) is 10.5 Å². The van der Waals surface area contributed by atoms with E-state index in [1.54, 1.807) is 0 Å². The molecule has 8 nitrogen and oxygen atoms in total. The van der Waals surface area contributed by atoms with Crippen LogP contribution in [0, 0.1) is 0 Å². The highest BCUT2D eigenvalue weighted by Gasteiger charge is 2.17. The third kappa shape index (κ3) is 2.85. The van der Waals surface area contributed by atoms with E-state index in [1.165, 1.54) is 5.38 Å². The molecule has 0 bridgehead atoms. The highest BCUT2D eigenvalue weighted by molar-refractivity contribution is 7.14. The van der Waals surface area contributed by atoms with Crippen LogP contribution in [-0.4, -0.2) is 34.7 Å². The first-order valence-corrected chi connectivity index (χ1v) is 4.64. The molecule has 0 aliphatic carbocycles. The number of nitrogens with one attached hydrogen (secondary N) is 1. The third-order valence-electron chi connectivity index (χ3n) is 1.32. The van der Waals surface area contributed by atoms with Crippen LogP contribution in [0.2, 0.25) is 0 Å². The van der Waals surface area contributed by atoms with Gasteiger partial charge in [-0.15, -0.1) is 11.3 Å². The topological polar surface area (TPSA) is 118 Å². The number of aromatic nitrogens is 1. The van der Waals surface area contributed by atoms with Gasteiger partial charge < -0.3 is 15.3 Å². The lowest BCUT2D eigenvalue weighted by Gasteiger charge is -1.94. The quantitative estimate of drug-likeness (QED) is 0.306. The number of anilines is 1. The van der Waals surface area contributed by atoms with Crippen LogP contribution < -0.4 is 5.32 Å². The normalized spacial score (nSPS) is 10.6. The molecule has 0 fully saturated rings. The van der Waals surface area contributed by atoms with Gasteiger partial charge in [0.1, 0.15) is 5.69 Å². The van der Waals surface area contributed by atoms with Gasteiger partial charge in [-0.05, 0) is 0 Å². The molecule has 1 heterocycles. The summed E-state index contributed by atoms with van der Waals surface area (Å²) in [5.74, 6) is -1.40. The van der Waals surface area contributed by atoms with Crippen LogP contribution in [0.3, 0.4) is 0 Å². The smallest absolute Gasteiger partial charge is 0.360 e. The number of carboxylic acid groups (broad SMARTS) is 1. The summed E-state index contributed by atoms with van der Waals surface area (Å²) in [5, 5.41) is 15.6. The molecule has 1 amide bonds. The van der Waals surface area contributed by atoms with Crippen molar-refractivity contribution in [2.24, 2.45) is 5.16 Å². The van der Waals surface area contributed by atoms with Gasteiger partial charge in [0.05, 0.1) is 0 Å². The first-order chi connectivity index (χ1) is 7.69. The molecule has 0 aliphatic rings. The molecule has 84 valence electrons. The molecule has 2 N–H and O–H groups in total. The zero-order valence-electron chi connectivity index (χ0n) is 7.61. The number of hydrogen-bond acceptors (Lipinski definition) is 7. The van der Waals surface area contributed by atoms with E-state index in [9.17, 15) is 14.4 Å². The minimum atomic E-state index is -1.40. The summed E-state index contributed by atoms with van der Waals surface area (Å²) in [7, 11) is 0. The van der Waals surface area contributed by atoms with Crippen LogP contribution >= 0.6 is 11.3 Å². The number of carbonyl (C=O) groups excluding carboxylic acids is 2. The maximum Gasteiger partial charge on any atom is 0.360 e. The molecule has 1 aromatic heterocycles. The number of oxime groups is 1. The van der Waals surface area contributed by atoms with Crippen molar-refractivity contribution in [3.63, 3.8) is 0 Å². The maximum absolute atomic E-state index is 10.7. The van der Waals surface area contributed by atoms with Crippen LogP contribution in [0.25, 0.3) is 0 Å². The van der Waals surface area contributed by atoms with Crippen LogP contribution in [0.5, 0.6) is 0 Å². The number of nitrogens with zero attached hydrogens (tertiary/aromatic N) is 2. The van der Waals surface area contributed by atoms with Gasteiger partial charge >= 0.3 is 12.4 Å². The molecule has 0 spiro atoms. The fourth-order valence-electron chi connectivity index (χ4n) is 0.769. The van der Waals surface area contributed by atoms with Crippen LogP contribution in [0.1, 0.15) is 5.69 Å². The fourth-order valence-corrected chi connectivity index (χ4v) is 1.42. The molecule has 0 unspecified atom stereocenters. The van der Waals surface area contributed by atoms with Gasteiger partial charge in [0.25, 0.3) is 0 Å². The number of thiazole rings is 1. The van der Waals surface area contributed by atoms with Crippen molar-refractivity contribution >= 4 is 41.0 Å². The van der Waals surface area contributed by atoms with E-state index in [2.05, 4.69) is 20.3 Å². The SMILES string of the molecule is O=CNc1nc(/C(=N\OC=O)C(=O)O)cs1. The van der Waals surface area contributed by atoms with Crippen molar-refractivity contribution in [1.82, 2.24) is 4.98 Å². The molecule has 0 atom stereocenters. The Bertz CT molecular complexity index is 441. The van der Waals surface area contributed by atoms with E-state index in [0.717, 1.165) is 11.3 Å². The second-order valence-electron chi connectivity index (χ2n) is 2.25. The molecule has 0 aromatic carbocycles. The Balaban J connectivity index is 2.97. The van der Waals surface area contributed by atoms with E-state index in [-0.39, 0.29) is 17.3 Å². The summed E-state index contributed by atoms with van der Waals surface area (Å²) < 4.78 is 0. The largest absolute Gasteiger partial charge is 0.476 e. The van der Waals surface area contributed by atoms with E-state index in [4.69, 9.17) is 5.11 Å². The molecule has 9 heteroatoms. The fraction of sp³-hybridized carbons (Fsp3) is 0. The van der Waals surface area contributed by atoms with E-state index >= 15 is 0 Å². The van der Waals surface area contributed by atoms with Gasteiger partial charge in [-0.1, -0.05) is 5.16 Å². The lowest BCUT2D eigenvalue weighted by Crippen LogP contribution is -2.15. The van der Waals surface area contributed by atoms with E-state index in [0.29, 0.717) is 6.41 Å². The summed E-state index contributed by atoms with van der Waals surface area (Å²) >= 11 is 1.01. The summed E-state index contributed by atoms with van der Waals surface area (Å²) in [6, 6.07) is 0. The third-order valence-corrected chi connectivity index (χ3v) is 2.09. The molecule has 0 saturated carbocycles. The van der Waals surface area contributed by atoms with Crippen molar-refractivity contribution in [2.45, 2.75) is 0 Å². The summed E-state index contributed by atoms with van der Waals surface area (Å²) in [6.07, 6.45) is 0.405. The number of aliphatic carboxylic acids is 1. The predicted octanol–water partition coefficient (Wildman–Crippen LogP) is -0.327. The molecule has 16 heavy (non-hydrogen) atoms. The summed E-state index contributed by atoms with van der Waals surface area (Å²) in [4.78, 5) is 38.4. The Labute approximate surface area is 92.5 Å². The molecule has 0 radical (unpaired) electrons. The minimum absolute atomic E-state index is 0.0105. The predicted molar refractivity (Wildman–Crippen MR) is 53.1 cm³/mol. The summed E-state index contributed by atoms with van der Waals surface area (Å²) in [5.41, 5.74) is -0.536. The van der Waals surface area contributed by atoms with Crippen LogP contribution in [0.4, 0.5) is 5.13 Å². The Kier molecular flexibility index (Phi) is 4.09. The average molecular weight is 243 g/mol. The Morgan fingerprint density at radius 3 is 2.94 bits per heavy atom. The molecular formula is C7H5N3O5S. The first-order valence-electron chi connectivity index (χ1n) is 3.76. The molecule has 1 aromatic rings. The second kappa shape index (κ2) is 5.56. The number of carbonyl (C=O) groups is 3. The molecule has 0 saturated heterocycles. The maximum atomic E-state index is 10.7. The van der Waals surface area contributed by atoms with Gasteiger partial charge in [0.2, 0.25) is 12.1 Å². The van der Waals surface area contributed by atoms with Crippen molar-refractivity contribution in [3.8, 4) is 0 Å². The van der Waals surface area contributed by atoms with Crippen molar-refractivity contribution < 1.29 is 24.3 Å². The average Bonchev–Trinajstić information content (AvgIpc) is 2.67. The first kappa shape index (κ1) is 11.8. The van der Waals surface area contributed by atoms with Crippen LogP contribution in [-0.2, 0) is 19.2 Å². The Hall–Kier alpha value is -2.29. The van der Waals surface area contributed by atoms with Gasteiger partial charge in [-0.3, -0.25) is 9.59 Å². The van der Waals surface area contributed by atoms with E-state index < -0.39 is 11.7 Å². The number of carboxylic acids is 1. The molecule has 1 rings (SSSR count). The lowest BCUT2D eigenvalue weighted by molar-refractivity contribution is -0.130. The van der Waals surface area contributed by atoms with Gasteiger partial charge in [0, 0.05) is 5.38 Å². The van der Waals surface area contributed by atoms with Crippen molar-refractivity contribution in [2.75, 3.05) is 5.32 Å². The highest BCUT2D eigenvalue weighted by Crippen LogP contribution is 2.15. The monoisotopic (exact) mass is 243 g/mol.